The molecule has 0 unspecified atom stereocenters. The summed E-state index contributed by atoms with van der Waals surface area (Å²) < 4.78 is 0. The number of nitrogens with zero attached hydrogens (tertiary/aromatic N) is 1. The van der Waals surface area contributed by atoms with Gasteiger partial charge in [-0.3, -0.25) is 4.90 Å². The number of thioether (sulfide) groups is 1. The molecule has 1 nitrogen and oxygen atoms in total. The van der Waals surface area contributed by atoms with Crippen LogP contribution >= 0.6 is 11.8 Å². The Kier molecular flexibility index (Phi) is 2.00. The van der Waals surface area contributed by atoms with Crippen LogP contribution in [0.15, 0.2) is 0 Å². The lowest BCUT2D eigenvalue weighted by atomic mass is 10.6. The summed E-state index contributed by atoms with van der Waals surface area (Å²) in [6.07, 6.45) is 0. The average molecular weight is 116 g/mol. The number of hydrogen-bond acceptors (Lipinski definition) is 2. The largest absolute Gasteiger partial charge is 0.289 e. The summed E-state index contributed by atoms with van der Waals surface area (Å²) in [6.45, 7) is 5.49. The second-order valence-corrected chi connectivity index (χ2v) is 2.68. The van der Waals surface area contributed by atoms with Crippen LogP contribution < -0.4 is 0 Å². The van der Waals surface area contributed by atoms with E-state index >= 15 is 0 Å². The molecule has 1 rings (SSSR count). The molecule has 0 N–H and O–H groups in total. The van der Waals surface area contributed by atoms with Crippen LogP contribution in [0.1, 0.15) is 6.92 Å². The molecule has 1 radical (unpaired) electrons. The lowest BCUT2D eigenvalue weighted by Crippen LogP contribution is -2.13. The van der Waals surface area contributed by atoms with E-state index < -0.39 is 0 Å². The molecule has 0 aliphatic carbocycles. The van der Waals surface area contributed by atoms with E-state index in [1.807, 2.05) is 11.8 Å². The molecule has 7 heavy (non-hydrogen) atoms. The maximum absolute atomic E-state index is 2.32. The van der Waals surface area contributed by atoms with Crippen molar-refractivity contribution in [2.75, 3.05) is 18.2 Å². The van der Waals surface area contributed by atoms with Crippen LogP contribution in [0.3, 0.4) is 0 Å². The highest BCUT2D eigenvalue weighted by molar-refractivity contribution is 7.99. The van der Waals surface area contributed by atoms with Crippen molar-refractivity contribution in [3.05, 3.63) is 6.54 Å². The van der Waals surface area contributed by atoms with E-state index in [2.05, 4.69) is 18.4 Å². The predicted octanol–water partition coefficient (Wildman–Crippen LogP) is 1.17. The van der Waals surface area contributed by atoms with Crippen molar-refractivity contribution in [2.24, 2.45) is 0 Å². The summed E-state index contributed by atoms with van der Waals surface area (Å²) >= 11 is 2.00. The Balaban J connectivity index is 2.14. The monoisotopic (exact) mass is 116 g/mol. The van der Waals surface area contributed by atoms with Gasteiger partial charge in [0.15, 0.2) is 0 Å². The minimum absolute atomic E-state index is 1.20. The van der Waals surface area contributed by atoms with Crippen LogP contribution in [0.2, 0.25) is 0 Å². The van der Waals surface area contributed by atoms with Gasteiger partial charge in [0.1, 0.15) is 0 Å². The van der Waals surface area contributed by atoms with Crippen molar-refractivity contribution >= 4 is 11.8 Å². The van der Waals surface area contributed by atoms with Gasteiger partial charge in [-0.1, -0.05) is 0 Å². The van der Waals surface area contributed by atoms with Gasteiger partial charge in [0, 0.05) is 24.7 Å². The molecule has 41 valence electrons. The van der Waals surface area contributed by atoms with Crippen molar-refractivity contribution in [2.45, 2.75) is 6.92 Å². The molecule has 0 aromatic heterocycles. The average Bonchev–Trinajstić information content (AvgIpc) is 2.14. The third-order valence-electron chi connectivity index (χ3n) is 1.15. The van der Waals surface area contributed by atoms with E-state index in [1.54, 1.807) is 0 Å². The summed E-state index contributed by atoms with van der Waals surface area (Å²) in [5.41, 5.74) is 0. The van der Waals surface area contributed by atoms with Crippen LogP contribution in [-0.4, -0.2) is 23.1 Å². The van der Waals surface area contributed by atoms with E-state index in [0.29, 0.717) is 0 Å². The SMILES string of the molecule is C[CH]N1CCSC1. The zero-order chi connectivity index (χ0) is 5.11. The Morgan fingerprint density at radius 3 is 2.86 bits per heavy atom. The highest BCUT2D eigenvalue weighted by Gasteiger charge is 2.07. The van der Waals surface area contributed by atoms with Gasteiger partial charge in [-0.15, -0.1) is 11.8 Å². The molecule has 0 spiro atoms. The summed E-state index contributed by atoms with van der Waals surface area (Å²) in [5.74, 6) is 2.51. The van der Waals surface area contributed by atoms with Crippen LogP contribution in [0, 0.1) is 6.54 Å². The van der Waals surface area contributed by atoms with Crippen LogP contribution in [0.25, 0.3) is 0 Å². The second kappa shape index (κ2) is 2.58. The minimum Gasteiger partial charge on any atom is -0.289 e. The molecule has 1 aliphatic rings. The van der Waals surface area contributed by atoms with Gasteiger partial charge < -0.3 is 0 Å². The van der Waals surface area contributed by atoms with E-state index in [-0.39, 0.29) is 0 Å². The van der Waals surface area contributed by atoms with Gasteiger partial charge >= 0.3 is 0 Å². The maximum Gasteiger partial charge on any atom is 0.0448 e. The molecule has 2 heteroatoms. The molecule has 1 fully saturated rings. The molecular weight excluding hydrogens is 106 g/mol. The number of hydrogen-bond donors (Lipinski definition) is 0. The Morgan fingerprint density at radius 1 is 1.71 bits per heavy atom. The van der Waals surface area contributed by atoms with E-state index in [9.17, 15) is 0 Å². The minimum atomic E-state index is 1.20. The fourth-order valence-electron chi connectivity index (χ4n) is 0.632. The first-order chi connectivity index (χ1) is 3.43. The summed E-state index contributed by atoms with van der Waals surface area (Å²) in [6, 6.07) is 0. The smallest absolute Gasteiger partial charge is 0.0448 e. The molecule has 1 aliphatic heterocycles. The molecule has 0 aromatic carbocycles. The topological polar surface area (TPSA) is 3.24 Å². The molecule has 1 saturated heterocycles. The second-order valence-electron chi connectivity index (χ2n) is 1.61. The normalized spacial score (nSPS) is 23.6. The molecule has 0 atom stereocenters. The standard InChI is InChI=1S/C5H10NS/c1-2-6-3-4-7-5-6/h2H,3-5H2,1H3. The van der Waals surface area contributed by atoms with E-state index in [0.717, 1.165) is 0 Å². The first-order valence-electron chi connectivity index (χ1n) is 2.55. The highest BCUT2D eigenvalue weighted by Crippen LogP contribution is 2.13. The van der Waals surface area contributed by atoms with E-state index in [4.69, 9.17) is 0 Å². The van der Waals surface area contributed by atoms with Gasteiger partial charge in [0.2, 0.25) is 0 Å². The molecule has 1 heterocycles. The third-order valence-corrected chi connectivity index (χ3v) is 2.13. The van der Waals surface area contributed by atoms with Gasteiger partial charge in [0.25, 0.3) is 0 Å². The lowest BCUT2D eigenvalue weighted by molar-refractivity contribution is 0.439. The van der Waals surface area contributed by atoms with Gasteiger partial charge in [-0.25, -0.2) is 0 Å². The lowest BCUT2D eigenvalue weighted by Gasteiger charge is -2.06. The maximum atomic E-state index is 2.32. The highest BCUT2D eigenvalue weighted by atomic mass is 32.2. The van der Waals surface area contributed by atoms with Gasteiger partial charge in [-0.05, 0) is 6.92 Å². The van der Waals surface area contributed by atoms with Crippen LogP contribution in [0.5, 0.6) is 0 Å². The quantitative estimate of drug-likeness (QED) is 0.506. The van der Waals surface area contributed by atoms with Crippen molar-refractivity contribution in [1.82, 2.24) is 4.90 Å². The van der Waals surface area contributed by atoms with Gasteiger partial charge in [0.05, 0.1) is 0 Å². The molecular formula is C5H10NS. The summed E-state index contributed by atoms with van der Waals surface area (Å²) in [4.78, 5) is 2.32. The Morgan fingerprint density at radius 2 is 2.57 bits per heavy atom. The van der Waals surface area contributed by atoms with Gasteiger partial charge in [-0.2, -0.15) is 0 Å². The third kappa shape index (κ3) is 1.35. The zero-order valence-electron chi connectivity index (χ0n) is 4.55. The van der Waals surface area contributed by atoms with Crippen LogP contribution in [-0.2, 0) is 0 Å². The summed E-state index contributed by atoms with van der Waals surface area (Å²) in [7, 11) is 0. The first kappa shape index (κ1) is 5.45. The predicted molar refractivity (Wildman–Crippen MR) is 34.0 cm³/mol. The summed E-state index contributed by atoms with van der Waals surface area (Å²) in [5, 5.41) is 0. The van der Waals surface area contributed by atoms with Crippen molar-refractivity contribution < 1.29 is 0 Å². The van der Waals surface area contributed by atoms with E-state index in [1.165, 1.54) is 18.2 Å². The zero-order valence-corrected chi connectivity index (χ0v) is 5.37. The molecule has 0 bridgehead atoms. The molecule has 0 amide bonds. The van der Waals surface area contributed by atoms with Crippen molar-refractivity contribution in [3.8, 4) is 0 Å². The first-order valence-corrected chi connectivity index (χ1v) is 3.70. The number of rotatable bonds is 1. The molecule has 0 aromatic rings. The fraction of sp³-hybridized carbons (Fsp3) is 0.800. The Hall–Kier alpha value is 0.310. The Bertz CT molecular complexity index is 50.0. The van der Waals surface area contributed by atoms with Crippen molar-refractivity contribution in [1.29, 1.82) is 0 Å². The Labute approximate surface area is 49.1 Å². The fourth-order valence-corrected chi connectivity index (χ4v) is 1.64. The van der Waals surface area contributed by atoms with Crippen molar-refractivity contribution in [3.63, 3.8) is 0 Å². The molecule has 0 saturated carbocycles. The van der Waals surface area contributed by atoms with Crippen LogP contribution in [0.4, 0.5) is 0 Å².